The zero-order valence-corrected chi connectivity index (χ0v) is 11.7. The summed E-state index contributed by atoms with van der Waals surface area (Å²) in [6, 6.07) is 4.49. The van der Waals surface area contributed by atoms with Gasteiger partial charge in [0.1, 0.15) is 5.82 Å². The van der Waals surface area contributed by atoms with Gasteiger partial charge < -0.3 is 0 Å². The zero-order valence-electron chi connectivity index (χ0n) is 10.9. The molecule has 1 fully saturated rings. The standard InChI is InChI=1S/C13H19FN2O2S/c1-9-2-3-12(14)6-11(9)7-13(16-15)10-4-5-19(17,18)8-10/h2-3,6,10,13,16H,4-5,7-8,15H2,1H3. The van der Waals surface area contributed by atoms with Gasteiger partial charge in [-0.05, 0) is 48.9 Å². The molecule has 1 heterocycles. The highest BCUT2D eigenvalue weighted by Gasteiger charge is 2.33. The maximum atomic E-state index is 13.3. The summed E-state index contributed by atoms with van der Waals surface area (Å²) in [6.07, 6.45) is 1.16. The molecule has 3 N–H and O–H groups in total. The number of nitrogens with two attached hydrogens (primary N) is 1. The van der Waals surface area contributed by atoms with Crippen molar-refractivity contribution in [3.05, 3.63) is 35.1 Å². The zero-order chi connectivity index (χ0) is 14.0. The summed E-state index contributed by atoms with van der Waals surface area (Å²) in [6.45, 7) is 1.91. The fraction of sp³-hybridized carbons (Fsp3) is 0.538. The Morgan fingerprint density at radius 3 is 2.84 bits per heavy atom. The number of benzene rings is 1. The Balaban J connectivity index is 2.13. The van der Waals surface area contributed by atoms with Crippen LogP contribution in [0.3, 0.4) is 0 Å². The van der Waals surface area contributed by atoms with Crippen LogP contribution in [-0.4, -0.2) is 26.0 Å². The first-order chi connectivity index (χ1) is 8.91. The fourth-order valence-corrected chi connectivity index (χ4v) is 4.48. The van der Waals surface area contributed by atoms with Crippen molar-refractivity contribution >= 4 is 9.84 Å². The van der Waals surface area contributed by atoms with Gasteiger partial charge in [0.05, 0.1) is 11.5 Å². The van der Waals surface area contributed by atoms with Crippen LogP contribution in [0.2, 0.25) is 0 Å². The molecule has 1 aromatic carbocycles. The van der Waals surface area contributed by atoms with E-state index < -0.39 is 9.84 Å². The van der Waals surface area contributed by atoms with E-state index in [1.54, 1.807) is 6.07 Å². The normalized spacial score (nSPS) is 23.4. The molecule has 0 aliphatic carbocycles. The molecule has 0 radical (unpaired) electrons. The number of rotatable bonds is 4. The highest BCUT2D eigenvalue weighted by atomic mass is 32.2. The van der Waals surface area contributed by atoms with E-state index in [1.807, 2.05) is 6.92 Å². The second-order valence-electron chi connectivity index (χ2n) is 5.21. The second kappa shape index (κ2) is 5.56. The van der Waals surface area contributed by atoms with Crippen molar-refractivity contribution in [1.29, 1.82) is 0 Å². The smallest absolute Gasteiger partial charge is 0.150 e. The van der Waals surface area contributed by atoms with E-state index in [0.29, 0.717) is 12.8 Å². The van der Waals surface area contributed by atoms with Crippen molar-refractivity contribution in [2.24, 2.45) is 11.8 Å². The molecule has 0 amide bonds. The summed E-state index contributed by atoms with van der Waals surface area (Å²) >= 11 is 0. The van der Waals surface area contributed by atoms with Crippen LogP contribution in [0.5, 0.6) is 0 Å². The Hall–Kier alpha value is -0.980. The first-order valence-corrected chi connectivity index (χ1v) is 8.15. The predicted molar refractivity (Wildman–Crippen MR) is 72.7 cm³/mol. The van der Waals surface area contributed by atoms with Crippen LogP contribution in [0.4, 0.5) is 4.39 Å². The summed E-state index contributed by atoms with van der Waals surface area (Å²) < 4.78 is 36.3. The molecule has 0 saturated carbocycles. The molecular weight excluding hydrogens is 267 g/mol. The molecule has 1 aliphatic rings. The third-order valence-electron chi connectivity index (χ3n) is 3.80. The van der Waals surface area contributed by atoms with Crippen molar-refractivity contribution < 1.29 is 12.8 Å². The Morgan fingerprint density at radius 2 is 2.26 bits per heavy atom. The van der Waals surface area contributed by atoms with E-state index >= 15 is 0 Å². The van der Waals surface area contributed by atoms with Crippen molar-refractivity contribution in [2.75, 3.05) is 11.5 Å². The monoisotopic (exact) mass is 286 g/mol. The lowest BCUT2D eigenvalue weighted by atomic mass is 9.92. The lowest BCUT2D eigenvalue weighted by molar-refractivity contribution is 0.384. The van der Waals surface area contributed by atoms with E-state index in [-0.39, 0.29) is 29.3 Å². The van der Waals surface area contributed by atoms with Crippen LogP contribution in [0.25, 0.3) is 0 Å². The van der Waals surface area contributed by atoms with Gasteiger partial charge >= 0.3 is 0 Å². The van der Waals surface area contributed by atoms with Crippen molar-refractivity contribution in [3.8, 4) is 0 Å². The Labute approximate surface area is 113 Å². The van der Waals surface area contributed by atoms with Crippen LogP contribution in [0.15, 0.2) is 18.2 Å². The average molecular weight is 286 g/mol. The van der Waals surface area contributed by atoms with Crippen LogP contribution in [0, 0.1) is 18.7 Å². The Bertz CT molecular complexity index is 560. The van der Waals surface area contributed by atoms with Gasteiger partial charge in [0.25, 0.3) is 0 Å². The Morgan fingerprint density at radius 1 is 1.53 bits per heavy atom. The number of aryl methyl sites for hydroxylation is 1. The molecule has 6 heteroatoms. The van der Waals surface area contributed by atoms with Gasteiger partial charge in [0.15, 0.2) is 9.84 Å². The summed E-state index contributed by atoms with van der Waals surface area (Å²) in [5, 5.41) is 0. The number of nitrogens with one attached hydrogen (secondary N) is 1. The largest absolute Gasteiger partial charge is 0.271 e. The lowest BCUT2D eigenvalue weighted by Gasteiger charge is -2.22. The minimum Gasteiger partial charge on any atom is -0.271 e. The van der Waals surface area contributed by atoms with E-state index in [1.165, 1.54) is 12.1 Å². The van der Waals surface area contributed by atoms with Crippen molar-refractivity contribution in [1.82, 2.24) is 5.43 Å². The minimum atomic E-state index is -2.93. The molecule has 2 rings (SSSR count). The SMILES string of the molecule is Cc1ccc(F)cc1CC(NN)C1CCS(=O)(=O)C1. The van der Waals surface area contributed by atoms with Crippen LogP contribution < -0.4 is 11.3 Å². The van der Waals surface area contributed by atoms with Gasteiger partial charge in [-0.25, -0.2) is 12.8 Å². The molecule has 1 aliphatic heterocycles. The average Bonchev–Trinajstić information content (AvgIpc) is 2.70. The molecule has 0 aromatic heterocycles. The molecule has 2 atom stereocenters. The molecule has 106 valence electrons. The predicted octanol–water partition coefficient (Wildman–Crippen LogP) is 0.943. The first-order valence-electron chi connectivity index (χ1n) is 6.33. The van der Waals surface area contributed by atoms with Crippen LogP contribution >= 0.6 is 0 Å². The van der Waals surface area contributed by atoms with Crippen molar-refractivity contribution in [2.45, 2.75) is 25.8 Å². The van der Waals surface area contributed by atoms with E-state index in [9.17, 15) is 12.8 Å². The summed E-state index contributed by atoms with van der Waals surface area (Å²) in [5.74, 6) is 5.64. The van der Waals surface area contributed by atoms with Gasteiger partial charge in [0.2, 0.25) is 0 Å². The van der Waals surface area contributed by atoms with Crippen LogP contribution in [0.1, 0.15) is 17.5 Å². The molecular formula is C13H19FN2O2S. The molecule has 0 spiro atoms. The van der Waals surface area contributed by atoms with Gasteiger partial charge in [-0.3, -0.25) is 11.3 Å². The topological polar surface area (TPSA) is 72.2 Å². The van der Waals surface area contributed by atoms with Gasteiger partial charge in [-0.15, -0.1) is 0 Å². The van der Waals surface area contributed by atoms with Crippen LogP contribution in [-0.2, 0) is 16.3 Å². The number of hydrogen-bond acceptors (Lipinski definition) is 4. The molecule has 19 heavy (non-hydrogen) atoms. The summed E-state index contributed by atoms with van der Waals surface area (Å²) in [7, 11) is -2.93. The second-order valence-corrected chi connectivity index (χ2v) is 7.44. The van der Waals surface area contributed by atoms with E-state index in [0.717, 1.165) is 11.1 Å². The first kappa shape index (κ1) is 14.4. The maximum absolute atomic E-state index is 13.3. The summed E-state index contributed by atoms with van der Waals surface area (Å²) in [5.41, 5.74) is 4.55. The highest BCUT2D eigenvalue weighted by Crippen LogP contribution is 2.24. The number of sulfone groups is 1. The quantitative estimate of drug-likeness (QED) is 0.638. The fourth-order valence-electron chi connectivity index (χ4n) is 2.60. The third kappa shape index (κ3) is 3.52. The molecule has 0 bridgehead atoms. The molecule has 1 aromatic rings. The van der Waals surface area contributed by atoms with E-state index in [4.69, 9.17) is 5.84 Å². The minimum absolute atomic E-state index is 0.00216. The lowest BCUT2D eigenvalue weighted by Crippen LogP contribution is -2.43. The highest BCUT2D eigenvalue weighted by molar-refractivity contribution is 7.91. The van der Waals surface area contributed by atoms with Gasteiger partial charge in [-0.1, -0.05) is 6.07 Å². The van der Waals surface area contributed by atoms with E-state index in [2.05, 4.69) is 5.43 Å². The number of hydrogen-bond donors (Lipinski definition) is 2. The Kier molecular flexibility index (Phi) is 4.23. The van der Waals surface area contributed by atoms with Gasteiger partial charge in [0, 0.05) is 6.04 Å². The number of halogens is 1. The van der Waals surface area contributed by atoms with Gasteiger partial charge in [-0.2, -0.15) is 0 Å². The molecule has 2 unspecified atom stereocenters. The van der Waals surface area contributed by atoms with Crippen molar-refractivity contribution in [3.63, 3.8) is 0 Å². The molecule has 1 saturated heterocycles. The molecule has 4 nitrogen and oxygen atoms in total. The number of hydrazine groups is 1. The summed E-state index contributed by atoms with van der Waals surface area (Å²) in [4.78, 5) is 0. The third-order valence-corrected chi connectivity index (χ3v) is 5.60. The maximum Gasteiger partial charge on any atom is 0.150 e.